The third kappa shape index (κ3) is 9.84. The SMILES string of the molecule is CCCCCCCCCCCC(CC(=O)O)(C(=O)O)S(=O)(=O)O.[KH]. The van der Waals surface area contributed by atoms with Gasteiger partial charge in [0.1, 0.15) is 0 Å². The predicted octanol–water partition coefficient (Wildman–Crippen LogP) is 2.44. The summed E-state index contributed by atoms with van der Waals surface area (Å²) in [5.41, 5.74) is 0. The minimum absolute atomic E-state index is 0. The number of unbranched alkanes of at least 4 members (excludes halogenated alkanes) is 8. The van der Waals surface area contributed by atoms with Crippen LogP contribution in [0.2, 0.25) is 0 Å². The van der Waals surface area contributed by atoms with Crippen molar-refractivity contribution in [2.24, 2.45) is 0 Å². The summed E-state index contributed by atoms with van der Waals surface area (Å²) in [4.78, 5) is 22.1. The second-order valence-corrected chi connectivity index (χ2v) is 7.66. The molecule has 0 amide bonds. The molecule has 0 heterocycles. The van der Waals surface area contributed by atoms with Crippen LogP contribution in [0.1, 0.15) is 77.6 Å². The van der Waals surface area contributed by atoms with Crippen LogP contribution in [0.15, 0.2) is 0 Å². The molecule has 138 valence electrons. The van der Waals surface area contributed by atoms with Crippen LogP contribution in [-0.4, -0.2) is 91.3 Å². The van der Waals surface area contributed by atoms with Gasteiger partial charge in [0.15, 0.2) is 0 Å². The first-order valence-corrected chi connectivity index (χ1v) is 9.53. The first-order valence-electron chi connectivity index (χ1n) is 8.09. The van der Waals surface area contributed by atoms with Gasteiger partial charge < -0.3 is 10.2 Å². The summed E-state index contributed by atoms with van der Waals surface area (Å²) in [5.74, 6) is -3.39. The molecule has 0 aromatic rings. The molecule has 0 aliphatic heterocycles. The molecule has 0 spiro atoms. The maximum atomic E-state index is 11.4. The van der Waals surface area contributed by atoms with Crippen molar-refractivity contribution in [2.45, 2.75) is 82.3 Å². The Labute approximate surface area is 186 Å². The summed E-state index contributed by atoms with van der Waals surface area (Å²) in [6.07, 6.45) is 6.94. The van der Waals surface area contributed by atoms with Crippen molar-refractivity contribution in [3.8, 4) is 0 Å². The van der Waals surface area contributed by atoms with Gasteiger partial charge in [-0.25, -0.2) is 0 Å². The van der Waals surface area contributed by atoms with Crippen molar-refractivity contribution in [1.82, 2.24) is 0 Å². The van der Waals surface area contributed by atoms with Crippen LogP contribution in [-0.2, 0) is 19.7 Å². The van der Waals surface area contributed by atoms with Crippen LogP contribution in [0.3, 0.4) is 0 Å². The Bertz CT molecular complexity index is 478. The Kier molecular flexibility index (Phi) is 15.2. The molecule has 0 aromatic carbocycles. The molecule has 0 fully saturated rings. The van der Waals surface area contributed by atoms with Crippen molar-refractivity contribution in [3.05, 3.63) is 0 Å². The Balaban J connectivity index is 0. The number of hydrogen-bond donors (Lipinski definition) is 3. The molecule has 1 atom stereocenters. The number of aliphatic carboxylic acids is 2. The molecule has 0 rings (SSSR count). The van der Waals surface area contributed by atoms with E-state index < -0.39 is 39.6 Å². The van der Waals surface area contributed by atoms with Crippen LogP contribution in [0, 0.1) is 0 Å². The van der Waals surface area contributed by atoms with Crippen molar-refractivity contribution in [1.29, 1.82) is 0 Å². The fourth-order valence-electron chi connectivity index (χ4n) is 2.57. The molecule has 0 aromatic heterocycles. The van der Waals surface area contributed by atoms with Gasteiger partial charge in [0, 0.05) is 0 Å². The number of rotatable bonds is 14. The Morgan fingerprint density at radius 2 is 1.29 bits per heavy atom. The van der Waals surface area contributed by atoms with Crippen molar-refractivity contribution in [2.75, 3.05) is 0 Å². The molecule has 1 unspecified atom stereocenters. The molecule has 0 saturated heterocycles. The average molecular weight is 393 g/mol. The van der Waals surface area contributed by atoms with Gasteiger partial charge in [0.25, 0.3) is 10.1 Å². The van der Waals surface area contributed by atoms with Gasteiger partial charge in [-0.1, -0.05) is 64.7 Å². The van der Waals surface area contributed by atoms with E-state index in [1.54, 1.807) is 0 Å². The molecule has 0 radical (unpaired) electrons. The second kappa shape index (κ2) is 13.7. The first kappa shape index (κ1) is 26.7. The van der Waals surface area contributed by atoms with Gasteiger partial charge >= 0.3 is 63.3 Å². The Morgan fingerprint density at radius 1 is 0.875 bits per heavy atom. The average Bonchev–Trinajstić information content (AvgIpc) is 2.42. The van der Waals surface area contributed by atoms with E-state index in [4.69, 9.17) is 10.2 Å². The summed E-state index contributed by atoms with van der Waals surface area (Å²) >= 11 is 0. The van der Waals surface area contributed by atoms with E-state index in [1.807, 2.05) is 0 Å². The standard InChI is InChI=1S/C15H28O7S.K.H/c1-2-3-4-5-6-7-8-9-10-11-15(14(18)19,12-13(16)17)23(20,21)22;;/h2-12H2,1H3,(H,16,17)(H,18,19)(H,20,21,22);;. The third-order valence-electron chi connectivity index (χ3n) is 4.00. The first-order chi connectivity index (χ1) is 10.7. The van der Waals surface area contributed by atoms with E-state index in [-0.39, 0.29) is 57.8 Å². The van der Waals surface area contributed by atoms with Crippen LogP contribution in [0.25, 0.3) is 0 Å². The van der Waals surface area contributed by atoms with Crippen LogP contribution >= 0.6 is 0 Å². The van der Waals surface area contributed by atoms with E-state index in [1.165, 1.54) is 19.3 Å². The summed E-state index contributed by atoms with van der Waals surface area (Å²) in [6, 6.07) is 0. The molecular weight excluding hydrogens is 363 g/mol. The van der Waals surface area contributed by atoms with Crippen molar-refractivity contribution in [3.63, 3.8) is 0 Å². The molecule has 0 saturated carbocycles. The van der Waals surface area contributed by atoms with Gasteiger partial charge in [-0.15, -0.1) is 0 Å². The quantitative estimate of drug-likeness (QED) is 0.235. The van der Waals surface area contributed by atoms with Gasteiger partial charge in [0.2, 0.25) is 4.75 Å². The van der Waals surface area contributed by atoms with E-state index in [9.17, 15) is 22.6 Å². The third-order valence-corrected chi connectivity index (χ3v) is 5.52. The van der Waals surface area contributed by atoms with E-state index in [0.717, 1.165) is 25.7 Å². The number of hydrogen-bond acceptors (Lipinski definition) is 4. The number of carboxylic acids is 2. The van der Waals surface area contributed by atoms with E-state index in [0.29, 0.717) is 6.42 Å². The molecule has 3 N–H and O–H groups in total. The summed E-state index contributed by atoms with van der Waals surface area (Å²) in [6.45, 7) is 2.14. The zero-order valence-electron chi connectivity index (χ0n) is 13.7. The topological polar surface area (TPSA) is 129 Å². The van der Waals surface area contributed by atoms with Gasteiger partial charge in [-0.05, 0) is 6.42 Å². The minimum atomic E-state index is -5.01. The van der Waals surface area contributed by atoms with Gasteiger partial charge in [0.05, 0.1) is 6.42 Å². The summed E-state index contributed by atoms with van der Waals surface area (Å²) in [5, 5.41) is 17.9. The van der Waals surface area contributed by atoms with E-state index >= 15 is 0 Å². The van der Waals surface area contributed by atoms with E-state index in [2.05, 4.69) is 6.92 Å². The van der Waals surface area contributed by atoms with Gasteiger partial charge in [-0.3, -0.25) is 14.1 Å². The zero-order chi connectivity index (χ0) is 17.9. The number of carbonyl (C=O) groups is 2. The molecular formula is C15H29KO7S. The fraction of sp³-hybridized carbons (Fsp3) is 0.867. The molecule has 7 nitrogen and oxygen atoms in total. The second-order valence-electron chi connectivity index (χ2n) is 5.92. The summed E-state index contributed by atoms with van der Waals surface area (Å²) < 4.78 is 29.4. The predicted molar refractivity (Wildman–Crippen MR) is 93.2 cm³/mol. The van der Waals surface area contributed by atoms with Gasteiger partial charge in [-0.2, -0.15) is 8.42 Å². The molecule has 0 aliphatic rings. The number of carboxylic acid groups (broad SMARTS) is 2. The van der Waals surface area contributed by atoms with Crippen LogP contribution in [0.5, 0.6) is 0 Å². The summed E-state index contributed by atoms with van der Waals surface area (Å²) in [7, 11) is -5.01. The monoisotopic (exact) mass is 392 g/mol. The molecule has 0 aliphatic carbocycles. The van der Waals surface area contributed by atoms with Crippen LogP contribution in [0.4, 0.5) is 0 Å². The van der Waals surface area contributed by atoms with Crippen LogP contribution < -0.4 is 0 Å². The maximum absolute atomic E-state index is 11.4. The van der Waals surface area contributed by atoms with Crippen molar-refractivity contribution < 1.29 is 32.8 Å². The molecule has 9 heteroatoms. The zero-order valence-corrected chi connectivity index (χ0v) is 14.5. The Morgan fingerprint density at radius 3 is 1.62 bits per heavy atom. The Hall–Kier alpha value is 0.486. The molecule has 24 heavy (non-hydrogen) atoms. The normalized spacial score (nSPS) is 13.8. The fourth-order valence-corrected chi connectivity index (χ4v) is 3.50. The van der Waals surface area contributed by atoms with Crippen molar-refractivity contribution >= 4 is 73.4 Å². The molecule has 0 bridgehead atoms.